The molecule has 0 aliphatic carbocycles. The molecule has 2 rings (SSSR count). The zero-order valence-electron chi connectivity index (χ0n) is 21.3. The number of carbonyl (C=O) groups is 2. The summed E-state index contributed by atoms with van der Waals surface area (Å²) in [5, 5.41) is 16.4. The molecule has 36 heavy (non-hydrogen) atoms. The third-order valence-corrected chi connectivity index (χ3v) is 7.75. The number of hydrogen-bond donors (Lipinski definition) is 3. The molecule has 3 atom stereocenters. The minimum absolute atomic E-state index is 0.0483. The van der Waals surface area contributed by atoms with Crippen LogP contribution in [0.4, 0.5) is 0 Å². The van der Waals surface area contributed by atoms with E-state index in [9.17, 15) is 23.1 Å². The van der Waals surface area contributed by atoms with Crippen molar-refractivity contribution in [2.45, 2.75) is 50.7 Å². The Bertz CT molecular complexity index is 1080. The summed E-state index contributed by atoms with van der Waals surface area (Å²) in [6.07, 6.45) is -0.164. The number of aliphatic hydroxyl groups is 1. The van der Waals surface area contributed by atoms with Crippen molar-refractivity contribution in [3.8, 4) is 5.75 Å². The van der Waals surface area contributed by atoms with Gasteiger partial charge in [0.05, 0.1) is 30.7 Å². The second kappa shape index (κ2) is 14.0. The van der Waals surface area contributed by atoms with Gasteiger partial charge in [-0.15, -0.1) is 0 Å². The normalized spacial score (nSPS) is 14.1. The summed E-state index contributed by atoms with van der Waals surface area (Å²) in [6, 6.07) is 14.6. The van der Waals surface area contributed by atoms with Gasteiger partial charge in [-0.2, -0.15) is 4.31 Å². The predicted octanol–water partition coefficient (Wildman–Crippen LogP) is 1.96. The number of nitrogens with one attached hydrogen (secondary N) is 2. The summed E-state index contributed by atoms with van der Waals surface area (Å²) in [7, 11) is -2.43. The Morgan fingerprint density at radius 3 is 2.25 bits per heavy atom. The van der Waals surface area contributed by atoms with Gasteiger partial charge in [0.1, 0.15) is 5.75 Å². The van der Waals surface area contributed by atoms with Crippen LogP contribution in [0.15, 0.2) is 59.5 Å². The van der Waals surface area contributed by atoms with E-state index < -0.39 is 28.1 Å². The quantitative estimate of drug-likeness (QED) is 0.350. The van der Waals surface area contributed by atoms with Gasteiger partial charge >= 0.3 is 0 Å². The van der Waals surface area contributed by atoms with Crippen LogP contribution < -0.4 is 15.4 Å². The molecule has 0 aliphatic heterocycles. The number of carbonyl (C=O) groups excluding carboxylic acids is 2. The maximum Gasteiger partial charge on any atom is 0.243 e. The van der Waals surface area contributed by atoms with Gasteiger partial charge in [-0.25, -0.2) is 8.42 Å². The van der Waals surface area contributed by atoms with Crippen molar-refractivity contribution in [3.05, 3.63) is 60.2 Å². The van der Waals surface area contributed by atoms with E-state index in [0.717, 1.165) is 12.0 Å². The molecular formula is C26H37N3O6S. The monoisotopic (exact) mass is 519 g/mol. The van der Waals surface area contributed by atoms with Crippen molar-refractivity contribution in [1.82, 2.24) is 14.9 Å². The van der Waals surface area contributed by atoms with Crippen molar-refractivity contribution in [2.75, 3.05) is 26.7 Å². The zero-order valence-corrected chi connectivity index (χ0v) is 22.1. The Kier molecular flexibility index (Phi) is 11.4. The molecule has 2 amide bonds. The molecule has 10 heteroatoms. The number of hydrogen-bond acceptors (Lipinski definition) is 6. The van der Waals surface area contributed by atoms with Crippen LogP contribution in [0.5, 0.6) is 5.75 Å². The van der Waals surface area contributed by atoms with Gasteiger partial charge in [0.25, 0.3) is 0 Å². The first-order valence-electron chi connectivity index (χ1n) is 12.0. The fraction of sp³-hybridized carbons (Fsp3) is 0.462. The maximum atomic E-state index is 13.5. The van der Waals surface area contributed by atoms with Gasteiger partial charge in [0, 0.05) is 20.0 Å². The van der Waals surface area contributed by atoms with Gasteiger partial charge < -0.3 is 20.5 Å². The van der Waals surface area contributed by atoms with Crippen LogP contribution >= 0.6 is 0 Å². The van der Waals surface area contributed by atoms with Gasteiger partial charge in [0.2, 0.25) is 21.8 Å². The molecule has 9 nitrogen and oxygen atoms in total. The van der Waals surface area contributed by atoms with E-state index in [1.165, 1.54) is 30.5 Å². The highest BCUT2D eigenvalue weighted by Gasteiger charge is 2.31. The van der Waals surface area contributed by atoms with E-state index in [2.05, 4.69) is 10.6 Å². The van der Waals surface area contributed by atoms with Crippen molar-refractivity contribution in [1.29, 1.82) is 0 Å². The highest BCUT2D eigenvalue weighted by atomic mass is 32.2. The smallest absolute Gasteiger partial charge is 0.243 e. The molecular weight excluding hydrogens is 482 g/mol. The average Bonchev–Trinajstić information content (AvgIpc) is 2.87. The number of amides is 2. The van der Waals surface area contributed by atoms with E-state index in [1.807, 2.05) is 44.2 Å². The third kappa shape index (κ3) is 8.92. The summed E-state index contributed by atoms with van der Waals surface area (Å²) in [5.74, 6) is -0.244. The summed E-state index contributed by atoms with van der Waals surface area (Å²) >= 11 is 0. The standard InChI is InChI=1S/C26H37N3O6S/c1-5-19(2)17-29(36(33,34)23-13-11-22(35-4)12-14-23)18-25(31)24(15-21-9-7-6-8-10-21)28-26(32)16-27-20(3)30/h6-14,19,24-25,31H,5,15-18H2,1-4H3,(H,27,30)(H,28,32)/t19-,24?,25?/m0/s1. The van der Waals surface area contributed by atoms with Crippen LogP contribution in [0.1, 0.15) is 32.8 Å². The molecule has 2 aromatic carbocycles. The van der Waals surface area contributed by atoms with Crippen LogP contribution in [0, 0.1) is 5.92 Å². The molecule has 0 spiro atoms. The van der Waals surface area contributed by atoms with Gasteiger partial charge in [-0.1, -0.05) is 50.6 Å². The van der Waals surface area contributed by atoms with Crippen molar-refractivity contribution in [3.63, 3.8) is 0 Å². The maximum absolute atomic E-state index is 13.5. The van der Waals surface area contributed by atoms with Gasteiger partial charge in [0.15, 0.2) is 0 Å². The molecule has 0 saturated heterocycles. The third-order valence-electron chi connectivity index (χ3n) is 5.91. The number of methoxy groups -OCH3 is 1. The second-order valence-electron chi connectivity index (χ2n) is 8.85. The summed E-state index contributed by atoms with van der Waals surface area (Å²) < 4.78 is 33.5. The number of aliphatic hydroxyl groups excluding tert-OH is 1. The van der Waals surface area contributed by atoms with Crippen LogP contribution in [-0.4, -0.2) is 68.5 Å². The van der Waals surface area contributed by atoms with Crippen LogP contribution in [0.2, 0.25) is 0 Å². The SMILES string of the molecule is CC[C@H](C)CN(CC(O)C(Cc1ccccc1)NC(=O)CNC(C)=O)S(=O)(=O)c1ccc(OC)cc1. The average molecular weight is 520 g/mol. The van der Waals surface area contributed by atoms with E-state index in [-0.39, 0.29) is 42.8 Å². The molecule has 0 bridgehead atoms. The van der Waals surface area contributed by atoms with Crippen LogP contribution in [0.25, 0.3) is 0 Å². The topological polar surface area (TPSA) is 125 Å². The van der Waals surface area contributed by atoms with E-state index in [4.69, 9.17) is 4.74 Å². The molecule has 0 aliphatic rings. The Morgan fingerprint density at radius 1 is 1.06 bits per heavy atom. The summed E-state index contributed by atoms with van der Waals surface area (Å²) in [4.78, 5) is 23.8. The largest absolute Gasteiger partial charge is 0.497 e. The molecule has 0 fully saturated rings. The lowest BCUT2D eigenvalue weighted by Crippen LogP contribution is -2.52. The highest BCUT2D eigenvalue weighted by Crippen LogP contribution is 2.22. The number of rotatable bonds is 14. The molecule has 2 aromatic rings. The van der Waals surface area contributed by atoms with E-state index in [0.29, 0.717) is 5.75 Å². The molecule has 0 heterocycles. The first-order valence-corrected chi connectivity index (χ1v) is 13.4. The molecule has 198 valence electrons. The molecule has 2 unspecified atom stereocenters. The molecule has 0 aromatic heterocycles. The van der Waals surface area contributed by atoms with E-state index in [1.54, 1.807) is 12.1 Å². The summed E-state index contributed by atoms with van der Waals surface area (Å²) in [6.45, 7) is 4.98. The van der Waals surface area contributed by atoms with E-state index >= 15 is 0 Å². The fourth-order valence-corrected chi connectivity index (χ4v) is 5.17. The number of benzene rings is 2. The number of sulfonamides is 1. The van der Waals surface area contributed by atoms with Crippen molar-refractivity contribution >= 4 is 21.8 Å². The van der Waals surface area contributed by atoms with Gasteiger partial charge in [-0.05, 0) is 42.2 Å². The molecule has 0 radical (unpaired) electrons. The van der Waals surface area contributed by atoms with Crippen LogP contribution in [-0.2, 0) is 26.0 Å². The molecule has 0 saturated carbocycles. The Hall–Kier alpha value is -2.95. The minimum atomic E-state index is -3.93. The lowest BCUT2D eigenvalue weighted by atomic mass is 10.0. The second-order valence-corrected chi connectivity index (χ2v) is 10.8. The van der Waals surface area contributed by atoms with Gasteiger partial charge in [-0.3, -0.25) is 9.59 Å². The Balaban J connectivity index is 2.31. The fourth-order valence-electron chi connectivity index (χ4n) is 3.59. The highest BCUT2D eigenvalue weighted by molar-refractivity contribution is 7.89. The lowest BCUT2D eigenvalue weighted by Gasteiger charge is -2.31. The zero-order chi connectivity index (χ0) is 26.7. The van der Waals surface area contributed by atoms with Crippen LogP contribution in [0.3, 0.4) is 0 Å². The molecule has 3 N–H and O–H groups in total. The minimum Gasteiger partial charge on any atom is -0.497 e. The summed E-state index contributed by atoms with van der Waals surface area (Å²) in [5.41, 5.74) is 0.868. The first kappa shape index (κ1) is 29.3. The Morgan fingerprint density at radius 2 is 1.69 bits per heavy atom. The lowest BCUT2D eigenvalue weighted by molar-refractivity contribution is -0.126. The predicted molar refractivity (Wildman–Crippen MR) is 138 cm³/mol. The van der Waals surface area contributed by atoms with Crippen molar-refractivity contribution < 1.29 is 27.9 Å². The number of ether oxygens (including phenoxy) is 1. The Labute approximate surface area is 213 Å². The van der Waals surface area contributed by atoms with Crippen molar-refractivity contribution in [2.24, 2.45) is 5.92 Å². The number of nitrogens with zero attached hydrogens (tertiary/aromatic N) is 1. The first-order chi connectivity index (χ1) is 17.1.